The fourth-order valence-electron chi connectivity index (χ4n) is 3.31. The highest BCUT2D eigenvalue weighted by Crippen LogP contribution is 2.15. The molecule has 144 valence electrons. The molecule has 3 rings (SSSR count). The molecule has 0 bridgehead atoms. The predicted octanol–water partition coefficient (Wildman–Crippen LogP) is 4.36. The largest absolute Gasteiger partial charge is 0.351 e. The number of amides is 1. The summed E-state index contributed by atoms with van der Waals surface area (Å²) in [6.07, 6.45) is 3.94. The van der Waals surface area contributed by atoms with Gasteiger partial charge in [-0.3, -0.25) is 9.69 Å². The van der Waals surface area contributed by atoms with E-state index in [1.807, 2.05) is 0 Å². The molecule has 1 aliphatic rings. The maximum Gasteiger partial charge on any atom is 0.230 e. The van der Waals surface area contributed by atoms with Crippen molar-refractivity contribution in [2.75, 3.05) is 18.8 Å². The monoisotopic (exact) mass is 386 g/mol. The molecule has 0 saturated carbocycles. The lowest BCUT2D eigenvalue weighted by atomic mass is 10.1. The average molecular weight is 387 g/mol. The van der Waals surface area contributed by atoms with Crippen LogP contribution in [0.2, 0.25) is 0 Å². The maximum absolute atomic E-state index is 12.9. The minimum absolute atomic E-state index is 0.0311. The predicted molar refractivity (Wildman–Crippen MR) is 110 cm³/mol. The summed E-state index contributed by atoms with van der Waals surface area (Å²) in [5.41, 5.74) is 3.48. The first-order valence-electron chi connectivity index (χ1n) is 9.58. The summed E-state index contributed by atoms with van der Waals surface area (Å²) < 4.78 is 12.9. The van der Waals surface area contributed by atoms with Gasteiger partial charge in [0, 0.05) is 18.8 Å². The molecular weight excluding hydrogens is 359 g/mol. The third-order valence-corrected chi connectivity index (χ3v) is 5.75. The van der Waals surface area contributed by atoms with Crippen molar-refractivity contribution in [3.63, 3.8) is 0 Å². The lowest BCUT2D eigenvalue weighted by Gasteiger charge is -2.26. The van der Waals surface area contributed by atoms with E-state index < -0.39 is 0 Å². The van der Waals surface area contributed by atoms with E-state index in [9.17, 15) is 9.18 Å². The number of thioether (sulfide) groups is 1. The molecule has 1 amide bonds. The number of carbonyl (C=O) groups excluding carboxylic acids is 1. The fourth-order valence-corrected chi connectivity index (χ4v) is 4.13. The third-order valence-electron chi connectivity index (χ3n) is 4.75. The molecule has 1 fully saturated rings. The summed E-state index contributed by atoms with van der Waals surface area (Å²) in [4.78, 5) is 14.6. The minimum Gasteiger partial charge on any atom is -0.351 e. The van der Waals surface area contributed by atoms with E-state index in [1.165, 1.54) is 50.0 Å². The van der Waals surface area contributed by atoms with Crippen molar-refractivity contribution in [3.8, 4) is 0 Å². The van der Waals surface area contributed by atoms with Crippen LogP contribution in [0.25, 0.3) is 0 Å². The van der Waals surface area contributed by atoms with Crippen molar-refractivity contribution in [3.05, 3.63) is 71.0 Å². The number of benzene rings is 2. The zero-order chi connectivity index (χ0) is 18.9. The van der Waals surface area contributed by atoms with Gasteiger partial charge < -0.3 is 5.32 Å². The smallest absolute Gasteiger partial charge is 0.230 e. The normalized spacial score (nSPS) is 14.9. The number of carbonyl (C=O) groups is 1. The van der Waals surface area contributed by atoms with Gasteiger partial charge >= 0.3 is 0 Å². The third kappa shape index (κ3) is 7.00. The standard InChI is InChI=1S/C22H27FN2OS/c23-21-9-7-18(8-10-21)16-27-17-22(26)24-14-19-5-4-6-20(13-19)15-25-11-2-1-3-12-25/h4-10,13H,1-3,11-12,14-17H2,(H,24,26). The first kappa shape index (κ1) is 19.9. The zero-order valence-corrected chi connectivity index (χ0v) is 16.4. The molecule has 1 heterocycles. The molecular formula is C22H27FN2OS. The number of nitrogens with zero attached hydrogens (tertiary/aromatic N) is 1. The Hall–Kier alpha value is -1.85. The minimum atomic E-state index is -0.232. The lowest BCUT2D eigenvalue weighted by molar-refractivity contribution is -0.118. The highest BCUT2D eigenvalue weighted by atomic mass is 32.2. The number of nitrogens with one attached hydrogen (secondary N) is 1. The quantitative estimate of drug-likeness (QED) is 0.732. The second-order valence-electron chi connectivity index (χ2n) is 7.05. The number of hydrogen-bond donors (Lipinski definition) is 1. The lowest BCUT2D eigenvalue weighted by Crippen LogP contribution is -2.29. The zero-order valence-electron chi connectivity index (χ0n) is 15.6. The number of piperidine rings is 1. The van der Waals surface area contributed by atoms with Gasteiger partial charge in [-0.15, -0.1) is 11.8 Å². The Morgan fingerprint density at radius 1 is 1.00 bits per heavy atom. The molecule has 2 aromatic rings. The first-order valence-corrected chi connectivity index (χ1v) is 10.7. The molecule has 0 aromatic heterocycles. The molecule has 0 spiro atoms. The van der Waals surface area contributed by atoms with Crippen molar-refractivity contribution in [2.24, 2.45) is 0 Å². The Labute approximate surface area is 165 Å². The van der Waals surface area contributed by atoms with E-state index >= 15 is 0 Å². The van der Waals surface area contributed by atoms with Gasteiger partial charge in [0.1, 0.15) is 5.82 Å². The van der Waals surface area contributed by atoms with Gasteiger partial charge in [-0.05, 0) is 54.8 Å². The summed E-state index contributed by atoms with van der Waals surface area (Å²) in [5, 5.41) is 2.99. The van der Waals surface area contributed by atoms with Crippen molar-refractivity contribution >= 4 is 17.7 Å². The molecule has 0 unspecified atom stereocenters. The molecule has 0 radical (unpaired) electrons. The van der Waals surface area contributed by atoms with Gasteiger partial charge in [-0.2, -0.15) is 0 Å². The van der Waals surface area contributed by atoms with Crippen molar-refractivity contribution in [1.29, 1.82) is 0 Å². The Kier molecular flexibility index (Phi) is 7.72. The van der Waals surface area contributed by atoms with Gasteiger partial charge in [-0.1, -0.05) is 42.8 Å². The summed E-state index contributed by atoms with van der Waals surface area (Å²) >= 11 is 1.54. The van der Waals surface area contributed by atoms with Crippen LogP contribution in [0.1, 0.15) is 36.0 Å². The van der Waals surface area contributed by atoms with E-state index in [1.54, 1.807) is 23.9 Å². The van der Waals surface area contributed by atoms with Crippen LogP contribution in [0.5, 0.6) is 0 Å². The van der Waals surface area contributed by atoms with Crippen LogP contribution in [-0.4, -0.2) is 29.6 Å². The van der Waals surface area contributed by atoms with E-state index in [-0.39, 0.29) is 11.7 Å². The van der Waals surface area contributed by atoms with E-state index in [0.29, 0.717) is 18.1 Å². The van der Waals surface area contributed by atoms with Crippen LogP contribution in [-0.2, 0) is 23.6 Å². The van der Waals surface area contributed by atoms with Crippen LogP contribution >= 0.6 is 11.8 Å². The second-order valence-corrected chi connectivity index (χ2v) is 8.04. The first-order chi connectivity index (χ1) is 13.2. The maximum atomic E-state index is 12.9. The Morgan fingerprint density at radius 2 is 1.74 bits per heavy atom. The molecule has 27 heavy (non-hydrogen) atoms. The summed E-state index contributed by atoms with van der Waals surface area (Å²) in [6.45, 7) is 3.93. The number of likely N-dealkylation sites (tertiary alicyclic amines) is 1. The second kappa shape index (κ2) is 10.5. The fraction of sp³-hybridized carbons (Fsp3) is 0.409. The summed E-state index contributed by atoms with van der Waals surface area (Å²) in [7, 11) is 0. The highest BCUT2D eigenvalue weighted by molar-refractivity contribution is 7.99. The summed E-state index contributed by atoms with van der Waals surface area (Å²) in [5.74, 6) is 0.914. The van der Waals surface area contributed by atoms with E-state index in [2.05, 4.69) is 34.5 Å². The van der Waals surface area contributed by atoms with Gasteiger partial charge in [0.05, 0.1) is 5.75 Å². The number of halogens is 1. The molecule has 2 aromatic carbocycles. The van der Waals surface area contributed by atoms with E-state index in [0.717, 1.165) is 17.7 Å². The molecule has 0 aliphatic carbocycles. The Balaban J connectivity index is 1.39. The highest BCUT2D eigenvalue weighted by Gasteiger charge is 2.10. The Morgan fingerprint density at radius 3 is 2.52 bits per heavy atom. The van der Waals surface area contributed by atoms with Crippen LogP contribution in [0.3, 0.4) is 0 Å². The molecule has 1 aliphatic heterocycles. The number of hydrogen-bond acceptors (Lipinski definition) is 3. The van der Waals surface area contributed by atoms with E-state index in [4.69, 9.17) is 0 Å². The number of rotatable bonds is 8. The van der Waals surface area contributed by atoms with Crippen molar-refractivity contribution in [2.45, 2.75) is 38.1 Å². The van der Waals surface area contributed by atoms with Crippen molar-refractivity contribution < 1.29 is 9.18 Å². The van der Waals surface area contributed by atoms with Crippen LogP contribution < -0.4 is 5.32 Å². The Bertz CT molecular complexity index is 729. The van der Waals surface area contributed by atoms with Crippen LogP contribution in [0, 0.1) is 5.82 Å². The molecule has 0 atom stereocenters. The molecule has 5 heteroatoms. The van der Waals surface area contributed by atoms with Gasteiger partial charge in [0.15, 0.2) is 0 Å². The van der Waals surface area contributed by atoms with Gasteiger partial charge in [-0.25, -0.2) is 4.39 Å². The topological polar surface area (TPSA) is 32.3 Å². The molecule has 3 nitrogen and oxygen atoms in total. The molecule has 1 saturated heterocycles. The van der Waals surface area contributed by atoms with Crippen LogP contribution in [0.15, 0.2) is 48.5 Å². The van der Waals surface area contributed by atoms with Crippen LogP contribution in [0.4, 0.5) is 4.39 Å². The molecule has 1 N–H and O–H groups in total. The van der Waals surface area contributed by atoms with Gasteiger partial charge in [0.2, 0.25) is 5.91 Å². The average Bonchev–Trinajstić information content (AvgIpc) is 2.69. The SMILES string of the molecule is O=C(CSCc1ccc(F)cc1)NCc1cccc(CN2CCCCC2)c1. The van der Waals surface area contributed by atoms with Crippen molar-refractivity contribution in [1.82, 2.24) is 10.2 Å². The summed E-state index contributed by atoms with van der Waals surface area (Å²) in [6, 6.07) is 14.9. The van der Waals surface area contributed by atoms with Gasteiger partial charge in [0.25, 0.3) is 0 Å².